The Labute approximate surface area is 129 Å². The van der Waals surface area contributed by atoms with Gasteiger partial charge in [-0.25, -0.2) is 0 Å². The molecule has 0 spiro atoms. The van der Waals surface area contributed by atoms with Crippen molar-refractivity contribution in [2.24, 2.45) is 0 Å². The van der Waals surface area contributed by atoms with E-state index in [1.54, 1.807) is 24.3 Å². The summed E-state index contributed by atoms with van der Waals surface area (Å²) in [5.41, 5.74) is -0.471. The van der Waals surface area contributed by atoms with Crippen LogP contribution in [-0.4, -0.2) is 10.9 Å². The van der Waals surface area contributed by atoms with Crippen LogP contribution in [0.25, 0.3) is 6.08 Å². The number of nitriles is 1. The molecule has 0 unspecified atom stereocenters. The Morgan fingerprint density at radius 2 is 1.91 bits per heavy atom. The number of phenols is 1. The summed E-state index contributed by atoms with van der Waals surface area (Å²) in [6.07, 6.45) is -2.22. The van der Waals surface area contributed by atoms with E-state index in [-0.39, 0.29) is 5.56 Å². The fraction of sp³-hybridized carbons (Fsp3) is 0.0588. The van der Waals surface area contributed by atoms with E-state index in [9.17, 15) is 23.1 Å². The number of carbonyl (C=O) groups is 1. The van der Waals surface area contributed by atoms with Crippen molar-refractivity contribution in [3.8, 4) is 11.8 Å². The number of halogens is 3. The first kappa shape index (κ1) is 16.3. The topological polar surface area (TPSA) is 61.1 Å². The molecule has 0 radical (unpaired) electrons. The van der Waals surface area contributed by atoms with Crippen molar-refractivity contribution < 1.29 is 23.1 Å². The van der Waals surface area contributed by atoms with Crippen molar-refractivity contribution in [3.05, 3.63) is 70.8 Å². The normalized spacial score (nSPS) is 11.4. The van der Waals surface area contributed by atoms with Gasteiger partial charge in [-0.1, -0.05) is 18.2 Å². The van der Waals surface area contributed by atoms with Gasteiger partial charge in [0.1, 0.15) is 5.75 Å². The Morgan fingerprint density at radius 1 is 1.17 bits per heavy atom. The molecule has 2 rings (SSSR count). The predicted molar refractivity (Wildman–Crippen MR) is 77.6 cm³/mol. The number of rotatable bonds is 3. The minimum absolute atomic E-state index is 0.192. The van der Waals surface area contributed by atoms with Crippen LogP contribution in [0.5, 0.6) is 5.75 Å². The monoisotopic (exact) mass is 317 g/mol. The molecule has 0 bridgehead atoms. The highest BCUT2D eigenvalue weighted by atomic mass is 19.4. The van der Waals surface area contributed by atoms with Gasteiger partial charge in [0.2, 0.25) is 0 Å². The summed E-state index contributed by atoms with van der Waals surface area (Å²) in [5, 5.41) is 18.0. The standard InChI is InChI=1S/C17H10F3NO2/c18-17(19,20)14-9-13(5-7-16(14)23)15(22)6-4-11-2-1-3-12(8-11)10-21/h1-9,23H/b6-4+. The second kappa shape index (κ2) is 6.36. The summed E-state index contributed by atoms with van der Waals surface area (Å²) in [6, 6.07) is 10.9. The molecule has 23 heavy (non-hydrogen) atoms. The Morgan fingerprint density at radius 3 is 2.57 bits per heavy atom. The summed E-state index contributed by atoms with van der Waals surface area (Å²) in [5.74, 6) is -1.57. The first-order valence-corrected chi connectivity index (χ1v) is 6.44. The summed E-state index contributed by atoms with van der Waals surface area (Å²) >= 11 is 0. The van der Waals surface area contributed by atoms with Crippen molar-refractivity contribution in [1.82, 2.24) is 0 Å². The van der Waals surface area contributed by atoms with Gasteiger partial charge in [-0.3, -0.25) is 4.79 Å². The van der Waals surface area contributed by atoms with Crippen molar-refractivity contribution in [2.45, 2.75) is 6.18 Å². The molecule has 0 saturated carbocycles. The van der Waals surface area contributed by atoms with Crippen molar-refractivity contribution in [3.63, 3.8) is 0 Å². The van der Waals surface area contributed by atoms with E-state index < -0.39 is 23.3 Å². The molecule has 0 atom stereocenters. The van der Waals surface area contributed by atoms with E-state index in [2.05, 4.69) is 0 Å². The van der Waals surface area contributed by atoms with E-state index in [1.165, 1.54) is 6.08 Å². The number of aromatic hydroxyl groups is 1. The van der Waals surface area contributed by atoms with Crippen molar-refractivity contribution in [1.29, 1.82) is 5.26 Å². The maximum atomic E-state index is 12.7. The lowest BCUT2D eigenvalue weighted by molar-refractivity contribution is -0.138. The molecule has 116 valence electrons. The molecular weight excluding hydrogens is 307 g/mol. The maximum absolute atomic E-state index is 12.7. The van der Waals surface area contributed by atoms with E-state index >= 15 is 0 Å². The molecule has 0 fully saturated rings. The molecule has 0 aromatic heterocycles. The van der Waals surface area contributed by atoms with E-state index in [0.717, 1.165) is 18.2 Å². The van der Waals surface area contributed by atoms with Gasteiger partial charge in [0, 0.05) is 5.56 Å². The van der Waals surface area contributed by atoms with Crippen LogP contribution < -0.4 is 0 Å². The van der Waals surface area contributed by atoms with Gasteiger partial charge in [0.15, 0.2) is 5.78 Å². The fourth-order valence-corrected chi connectivity index (χ4v) is 1.90. The predicted octanol–water partition coefficient (Wildman–Crippen LogP) is 4.18. The van der Waals surface area contributed by atoms with Crippen LogP contribution in [-0.2, 0) is 6.18 Å². The van der Waals surface area contributed by atoms with Crippen molar-refractivity contribution >= 4 is 11.9 Å². The quantitative estimate of drug-likeness (QED) is 0.682. The molecule has 1 N–H and O–H groups in total. The largest absolute Gasteiger partial charge is 0.507 e. The zero-order chi connectivity index (χ0) is 17.0. The highest BCUT2D eigenvalue weighted by molar-refractivity contribution is 6.07. The van der Waals surface area contributed by atoms with Crippen LogP contribution in [0, 0.1) is 11.3 Å². The number of ketones is 1. The number of allylic oxidation sites excluding steroid dienone is 1. The highest BCUT2D eigenvalue weighted by Crippen LogP contribution is 2.36. The molecule has 0 amide bonds. The van der Waals surface area contributed by atoms with Crippen LogP contribution in [0.15, 0.2) is 48.5 Å². The fourth-order valence-electron chi connectivity index (χ4n) is 1.90. The lowest BCUT2D eigenvalue weighted by Crippen LogP contribution is -2.07. The third-order valence-corrected chi connectivity index (χ3v) is 3.03. The number of alkyl halides is 3. The summed E-state index contributed by atoms with van der Waals surface area (Å²) in [7, 11) is 0. The number of benzene rings is 2. The lowest BCUT2D eigenvalue weighted by atomic mass is 10.0. The van der Waals surface area contributed by atoms with Gasteiger partial charge in [-0.15, -0.1) is 0 Å². The van der Waals surface area contributed by atoms with Gasteiger partial charge in [0.25, 0.3) is 0 Å². The molecule has 0 aliphatic rings. The zero-order valence-electron chi connectivity index (χ0n) is 11.6. The van der Waals surface area contributed by atoms with Crippen molar-refractivity contribution in [2.75, 3.05) is 0 Å². The lowest BCUT2D eigenvalue weighted by Gasteiger charge is -2.09. The van der Waals surface area contributed by atoms with Gasteiger partial charge in [0.05, 0.1) is 17.2 Å². The zero-order valence-corrected chi connectivity index (χ0v) is 11.6. The molecule has 0 aliphatic heterocycles. The van der Waals surface area contributed by atoms with Gasteiger partial charge in [-0.05, 0) is 42.0 Å². The smallest absolute Gasteiger partial charge is 0.419 e. The van der Waals surface area contributed by atoms with E-state index in [1.807, 2.05) is 6.07 Å². The minimum atomic E-state index is -4.74. The van der Waals surface area contributed by atoms with Crippen LogP contribution in [0.1, 0.15) is 27.0 Å². The van der Waals surface area contributed by atoms with Gasteiger partial charge < -0.3 is 5.11 Å². The molecule has 3 nitrogen and oxygen atoms in total. The van der Waals surface area contributed by atoms with E-state index in [4.69, 9.17) is 5.26 Å². The third-order valence-electron chi connectivity index (χ3n) is 3.03. The molecule has 0 saturated heterocycles. The number of carbonyl (C=O) groups excluding carboxylic acids is 1. The molecule has 6 heteroatoms. The highest BCUT2D eigenvalue weighted by Gasteiger charge is 2.34. The Balaban J connectivity index is 2.27. The molecule has 0 aliphatic carbocycles. The van der Waals surface area contributed by atoms with Crippen LogP contribution in [0.4, 0.5) is 13.2 Å². The SMILES string of the molecule is N#Cc1cccc(/C=C/C(=O)c2ccc(O)c(C(F)(F)F)c2)c1. The van der Waals surface area contributed by atoms with Crippen LogP contribution in [0.3, 0.4) is 0 Å². The van der Waals surface area contributed by atoms with Gasteiger partial charge >= 0.3 is 6.18 Å². The third kappa shape index (κ3) is 3.98. The first-order chi connectivity index (χ1) is 10.8. The number of phenolic OH excluding ortho intramolecular Hbond substituents is 1. The average Bonchev–Trinajstić information content (AvgIpc) is 2.52. The summed E-state index contributed by atoms with van der Waals surface area (Å²) < 4.78 is 38.1. The molecule has 2 aromatic rings. The minimum Gasteiger partial charge on any atom is -0.507 e. The Hall–Kier alpha value is -3.07. The molecule has 0 heterocycles. The van der Waals surface area contributed by atoms with Crippen LogP contribution in [0.2, 0.25) is 0 Å². The first-order valence-electron chi connectivity index (χ1n) is 6.44. The number of nitrogens with zero attached hydrogens (tertiary/aromatic N) is 1. The average molecular weight is 317 g/mol. The van der Waals surface area contributed by atoms with E-state index in [0.29, 0.717) is 17.2 Å². The maximum Gasteiger partial charge on any atom is 0.419 e. The second-order valence-electron chi connectivity index (χ2n) is 4.66. The molecule has 2 aromatic carbocycles. The second-order valence-corrected chi connectivity index (χ2v) is 4.66. The Bertz CT molecular complexity index is 817. The summed E-state index contributed by atoms with van der Waals surface area (Å²) in [4.78, 5) is 12.0. The number of hydrogen-bond acceptors (Lipinski definition) is 3. The Kier molecular flexibility index (Phi) is 4.51. The summed E-state index contributed by atoms with van der Waals surface area (Å²) in [6.45, 7) is 0. The van der Waals surface area contributed by atoms with Gasteiger partial charge in [-0.2, -0.15) is 18.4 Å². The van der Waals surface area contributed by atoms with Crippen LogP contribution >= 0.6 is 0 Å². The molecular formula is C17H10F3NO2. The number of hydrogen-bond donors (Lipinski definition) is 1.